The summed E-state index contributed by atoms with van der Waals surface area (Å²) < 4.78 is 0. The molecule has 3 amide bonds. The molecule has 0 fully saturated rings. The Kier molecular flexibility index (Phi) is 15.0. The fourth-order valence-electron chi connectivity index (χ4n) is 3.81. The lowest BCUT2D eigenvalue weighted by Crippen LogP contribution is -2.58. The number of aromatic hydroxyl groups is 1. The molecule has 14 heteroatoms. The molecule has 0 aromatic heterocycles. The molecule has 0 aliphatic heterocycles. The highest BCUT2D eigenvalue weighted by Gasteiger charge is 2.31. The summed E-state index contributed by atoms with van der Waals surface area (Å²) in [6.07, 6.45) is 2.19. The number of benzene rings is 1. The Morgan fingerprint density at radius 3 is 2.02 bits per heavy atom. The Labute approximate surface area is 234 Å². The summed E-state index contributed by atoms with van der Waals surface area (Å²) >= 11 is 0. The number of amides is 3. The van der Waals surface area contributed by atoms with E-state index in [1.165, 1.54) is 12.1 Å². The van der Waals surface area contributed by atoms with Gasteiger partial charge in [0.25, 0.3) is 0 Å². The molecule has 4 unspecified atom stereocenters. The number of aliphatic imine (C=N–C) groups is 1. The van der Waals surface area contributed by atoms with Gasteiger partial charge < -0.3 is 49.1 Å². The van der Waals surface area contributed by atoms with Gasteiger partial charge in [-0.25, -0.2) is 4.79 Å². The van der Waals surface area contributed by atoms with E-state index in [9.17, 15) is 29.4 Å². The van der Waals surface area contributed by atoms with Crippen molar-refractivity contribution >= 4 is 29.7 Å². The molecular formula is C26H44N8O6. The quantitative estimate of drug-likeness (QED) is 0.0574. The van der Waals surface area contributed by atoms with Gasteiger partial charge in [0.1, 0.15) is 23.9 Å². The van der Waals surface area contributed by atoms with E-state index in [-0.39, 0.29) is 31.1 Å². The van der Waals surface area contributed by atoms with Crippen LogP contribution in [0.2, 0.25) is 0 Å². The zero-order valence-electron chi connectivity index (χ0n) is 23.1. The number of unbranched alkanes of at least 4 members (excludes halogenated alkanes) is 1. The molecule has 1 aromatic carbocycles. The monoisotopic (exact) mass is 564 g/mol. The zero-order valence-corrected chi connectivity index (χ0v) is 23.1. The van der Waals surface area contributed by atoms with E-state index in [4.69, 9.17) is 22.9 Å². The highest BCUT2D eigenvalue weighted by Crippen LogP contribution is 2.13. The number of phenolic OH excluding ortho intramolecular Hbond substituents is 1. The summed E-state index contributed by atoms with van der Waals surface area (Å²) in [4.78, 5) is 54.9. The second-order valence-electron chi connectivity index (χ2n) is 9.90. The zero-order chi connectivity index (χ0) is 30.2. The van der Waals surface area contributed by atoms with Crippen LogP contribution in [-0.4, -0.2) is 77.1 Å². The number of hydrogen-bond donors (Lipinski definition) is 9. The fourth-order valence-corrected chi connectivity index (χ4v) is 3.81. The molecule has 0 spiro atoms. The molecule has 40 heavy (non-hydrogen) atoms. The van der Waals surface area contributed by atoms with Crippen LogP contribution in [0.5, 0.6) is 5.75 Å². The Bertz CT molecular complexity index is 997. The molecule has 0 heterocycles. The average molecular weight is 565 g/mol. The van der Waals surface area contributed by atoms with E-state index in [1.54, 1.807) is 26.0 Å². The van der Waals surface area contributed by atoms with Crippen LogP contribution in [0.25, 0.3) is 0 Å². The van der Waals surface area contributed by atoms with Crippen LogP contribution in [0, 0.1) is 5.92 Å². The van der Waals surface area contributed by atoms with Crippen molar-refractivity contribution in [3.05, 3.63) is 29.8 Å². The lowest BCUT2D eigenvalue weighted by molar-refractivity contribution is -0.143. The van der Waals surface area contributed by atoms with Gasteiger partial charge in [-0.15, -0.1) is 0 Å². The molecule has 0 aliphatic rings. The van der Waals surface area contributed by atoms with Crippen LogP contribution in [0.3, 0.4) is 0 Å². The number of guanidine groups is 1. The molecule has 224 valence electrons. The Morgan fingerprint density at radius 1 is 0.875 bits per heavy atom. The van der Waals surface area contributed by atoms with Gasteiger partial charge in [0, 0.05) is 13.0 Å². The molecule has 14 nitrogen and oxygen atoms in total. The SMILES string of the molecule is CC(C)C(NC(=O)C(Cc1ccc(O)cc1)NC(=O)C(CCCN=C(N)N)NC(=O)C(N)CCCCN)C(=O)O. The van der Waals surface area contributed by atoms with Crippen molar-refractivity contribution in [3.8, 4) is 5.75 Å². The first-order valence-corrected chi connectivity index (χ1v) is 13.3. The predicted octanol–water partition coefficient (Wildman–Crippen LogP) is -1.36. The largest absolute Gasteiger partial charge is 0.508 e. The summed E-state index contributed by atoms with van der Waals surface area (Å²) in [5.41, 5.74) is 22.8. The molecule has 0 radical (unpaired) electrons. The lowest BCUT2D eigenvalue weighted by atomic mass is 10.0. The summed E-state index contributed by atoms with van der Waals surface area (Å²) in [6, 6.07) is 1.71. The molecule has 1 rings (SSSR count). The van der Waals surface area contributed by atoms with E-state index >= 15 is 0 Å². The van der Waals surface area contributed by atoms with Crippen LogP contribution in [0.15, 0.2) is 29.3 Å². The fraction of sp³-hybridized carbons (Fsp3) is 0.577. The van der Waals surface area contributed by atoms with E-state index in [2.05, 4.69) is 20.9 Å². The molecule has 0 bridgehead atoms. The van der Waals surface area contributed by atoms with Crippen molar-refractivity contribution in [2.75, 3.05) is 13.1 Å². The molecule has 0 aliphatic carbocycles. The first-order chi connectivity index (χ1) is 18.8. The van der Waals surface area contributed by atoms with Gasteiger partial charge in [0.2, 0.25) is 17.7 Å². The summed E-state index contributed by atoms with van der Waals surface area (Å²) in [5, 5.41) is 26.9. The van der Waals surface area contributed by atoms with Crippen molar-refractivity contribution in [1.29, 1.82) is 0 Å². The van der Waals surface area contributed by atoms with Gasteiger partial charge in [-0.3, -0.25) is 19.4 Å². The van der Waals surface area contributed by atoms with Crippen LogP contribution >= 0.6 is 0 Å². The van der Waals surface area contributed by atoms with Crippen LogP contribution in [-0.2, 0) is 25.6 Å². The van der Waals surface area contributed by atoms with Crippen molar-refractivity contribution in [1.82, 2.24) is 16.0 Å². The highest BCUT2D eigenvalue weighted by atomic mass is 16.4. The van der Waals surface area contributed by atoms with E-state index in [0.29, 0.717) is 37.8 Å². The molecule has 13 N–H and O–H groups in total. The van der Waals surface area contributed by atoms with Crippen molar-refractivity contribution < 1.29 is 29.4 Å². The van der Waals surface area contributed by atoms with Crippen LogP contribution in [0.4, 0.5) is 0 Å². The van der Waals surface area contributed by atoms with Gasteiger partial charge in [-0.1, -0.05) is 32.4 Å². The number of nitrogens with two attached hydrogens (primary N) is 4. The first-order valence-electron chi connectivity index (χ1n) is 13.3. The van der Waals surface area contributed by atoms with Gasteiger partial charge in [0.15, 0.2) is 5.96 Å². The van der Waals surface area contributed by atoms with Crippen LogP contribution < -0.4 is 38.9 Å². The number of carboxylic acid groups (broad SMARTS) is 1. The molecule has 0 saturated carbocycles. The normalized spacial score (nSPS) is 13.9. The third-order valence-electron chi connectivity index (χ3n) is 6.12. The number of rotatable bonds is 18. The van der Waals surface area contributed by atoms with E-state index in [0.717, 1.165) is 0 Å². The Morgan fingerprint density at radius 2 is 1.48 bits per heavy atom. The molecular weight excluding hydrogens is 520 g/mol. The Balaban J connectivity index is 3.15. The Hall–Kier alpha value is -3.91. The number of carbonyl (C=O) groups is 4. The van der Waals surface area contributed by atoms with Gasteiger partial charge in [-0.05, 0) is 55.8 Å². The summed E-state index contributed by atoms with van der Waals surface area (Å²) in [7, 11) is 0. The van der Waals surface area contributed by atoms with E-state index < -0.39 is 53.8 Å². The molecule has 4 atom stereocenters. The maximum absolute atomic E-state index is 13.4. The number of carboxylic acids is 1. The van der Waals surface area contributed by atoms with Gasteiger partial charge in [-0.2, -0.15) is 0 Å². The van der Waals surface area contributed by atoms with Gasteiger partial charge >= 0.3 is 5.97 Å². The number of nitrogens with zero attached hydrogens (tertiary/aromatic N) is 1. The third-order valence-corrected chi connectivity index (χ3v) is 6.12. The number of carbonyl (C=O) groups excluding carboxylic acids is 3. The molecule has 1 aromatic rings. The molecule has 0 saturated heterocycles. The predicted molar refractivity (Wildman–Crippen MR) is 151 cm³/mol. The first kappa shape index (κ1) is 34.1. The lowest BCUT2D eigenvalue weighted by Gasteiger charge is -2.26. The standard InChI is InChI=1S/C26H44N8O6/c1-15(2)21(25(39)40)34-24(38)20(14-16-8-10-17(35)11-9-16)33-23(37)19(7-5-13-31-26(29)30)32-22(36)18(28)6-3-4-12-27/h8-11,15,18-21,35H,3-7,12-14,27-28H2,1-2H3,(H,32,36)(H,33,37)(H,34,38)(H,39,40)(H4,29,30,31). The van der Waals surface area contributed by atoms with Gasteiger partial charge in [0.05, 0.1) is 6.04 Å². The number of aliphatic carboxylic acids is 1. The second kappa shape index (κ2) is 17.6. The number of phenols is 1. The maximum Gasteiger partial charge on any atom is 0.326 e. The minimum absolute atomic E-state index is 0.00441. The maximum atomic E-state index is 13.4. The minimum Gasteiger partial charge on any atom is -0.508 e. The number of nitrogens with one attached hydrogen (secondary N) is 3. The smallest absolute Gasteiger partial charge is 0.326 e. The number of hydrogen-bond acceptors (Lipinski definition) is 8. The topological polar surface area (TPSA) is 261 Å². The van der Waals surface area contributed by atoms with Crippen molar-refractivity contribution in [2.24, 2.45) is 33.8 Å². The second-order valence-corrected chi connectivity index (χ2v) is 9.90. The van der Waals surface area contributed by atoms with Crippen LogP contribution in [0.1, 0.15) is 51.5 Å². The van der Waals surface area contributed by atoms with Crippen molar-refractivity contribution in [3.63, 3.8) is 0 Å². The van der Waals surface area contributed by atoms with E-state index in [1.807, 2.05) is 0 Å². The highest BCUT2D eigenvalue weighted by molar-refractivity contribution is 5.94. The average Bonchev–Trinajstić information content (AvgIpc) is 2.88. The summed E-state index contributed by atoms with van der Waals surface area (Å²) in [5.74, 6) is -3.65. The summed E-state index contributed by atoms with van der Waals surface area (Å²) in [6.45, 7) is 3.96. The minimum atomic E-state index is -1.22. The van der Waals surface area contributed by atoms with Crippen molar-refractivity contribution in [2.45, 2.75) is 76.5 Å². The third kappa shape index (κ3) is 12.8.